The maximum Gasteiger partial charge on any atom is 0.143 e. The van der Waals surface area contributed by atoms with Gasteiger partial charge in [0.05, 0.1) is 16.4 Å². The summed E-state index contributed by atoms with van der Waals surface area (Å²) in [6.45, 7) is 4.54. The van der Waals surface area contributed by atoms with Gasteiger partial charge in [0.2, 0.25) is 0 Å². The number of benzene rings is 1. The lowest BCUT2D eigenvalue weighted by atomic mass is 9.80. The van der Waals surface area contributed by atoms with E-state index < -0.39 is 5.82 Å². The van der Waals surface area contributed by atoms with Gasteiger partial charge in [0.15, 0.2) is 0 Å². The molecule has 0 heterocycles. The van der Waals surface area contributed by atoms with Crippen LogP contribution in [0.3, 0.4) is 0 Å². The third-order valence-corrected chi connectivity index (χ3v) is 3.92. The summed E-state index contributed by atoms with van der Waals surface area (Å²) in [7, 11) is 0. The first-order valence-electron chi connectivity index (χ1n) is 6.46. The predicted octanol–water partition coefficient (Wildman–Crippen LogP) is 4.30. The van der Waals surface area contributed by atoms with Crippen molar-refractivity contribution in [2.45, 2.75) is 39.2 Å². The van der Waals surface area contributed by atoms with Gasteiger partial charge in [-0.1, -0.05) is 25.4 Å². The highest BCUT2D eigenvalue weighted by molar-refractivity contribution is 6.31. The summed E-state index contributed by atoms with van der Waals surface area (Å²) >= 11 is 5.79. The van der Waals surface area contributed by atoms with Gasteiger partial charge in [0.25, 0.3) is 0 Å². The topological polar surface area (TPSA) is 38.0 Å². The zero-order valence-electron chi connectivity index (χ0n) is 10.8. The summed E-state index contributed by atoms with van der Waals surface area (Å²) < 4.78 is 13.2. The molecule has 0 amide bonds. The Bertz CT molecular complexity index is 426. The Morgan fingerprint density at radius 3 is 2.44 bits per heavy atom. The summed E-state index contributed by atoms with van der Waals surface area (Å²) in [6, 6.07) is 3.25. The molecule has 100 valence electrons. The number of nitrogens with one attached hydrogen (secondary N) is 1. The normalized spacial score (nSPS) is 28.1. The molecule has 0 bridgehead atoms. The van der Waals surface area contributed by atoms with Crippen LogP contribution in [0, 0.1) is 17.7 Å². The smallest absolute Gasteiger partial charge is 0.143 e. The Kier molecular flexibility index (Phi) is 4.00. The Balaban J connectivity index is 2.11. The van der Waals surface area contributed by atoms with Gasteiger partial charge in [0.1, 0.15) is 5.82 Å². The van der Waals surface area contributed by atoms with Crippen LogP contribution in [-0.2, 0) is 0 Å². The van der Waals surface area contributed by atoms with Crippen LogP contribution in [0.4, 0.5) is 15.8 Å². The molecule has 2 nitrogen and oxygen atoms in total. The van der Waals surface area contributed by atoms with E-state index in [4.69, 9.17) is 17.3 Å². The molecule has 2 atom stereocenters. The molecule has 3 N–H and O–H groups in total. The van der Waals surface area contributed by atoms with Crippen molar-refractivity contribution in [3.05, 3.63) is 23.0 Å². The lowest BCUT2D eigenvalue weighted by Gasteiger charge is -2.33. The molecular weight excluding hydrogens is 251 g/mol. The average molecular weight is 271 g/mol. The molecule has 1 saturated carbocycles. The number of nitrogens with two attached hydrogens (primary N) is 1. The van der Waals surface area contributed by atoms with Crippen molar-refractivity contribution in [2.24, 2.45) is 11.8 Å². The minimum atomic E-state index is -0.468. The van der Waals surface area contributed by atoms with Crippen molar-refractivity contribution in [1.82, 2.24) is 0 Å². The first-order valence-corrected chi connectivity index (χ1v) is 6.84. The van der Waals surface area contributed by atoms with Crippen LogP contribution >= 0.6 is 11.6 Å². The van der Waals surface area contributed by atoms with Gasteiger partial charge in [-0.15, -0.1) is 0 Å². The molecule has 0 spiro atoms. The van der Waals surface area contributed by atoms with Crippen molar-refractivity contribution in [3.8, 4) is 0 Å². The highest BCUT2D eigenvalue weighted by Gasteiger charge is 2.24. The number of hydrogen-bond acceptors (Lipinski definition) is 2. The Morgan fingerprint density at radius 1 is 1.22 bits per heavy atom. The largest absolute Gasteiger partial charge is 0.397 e. The van der Waals surface area contributed by atoms with Crippen molar-refractivity contribution in [1.29, 1.82) is 0 Å². The standard InChI is InChI=1S/C14H20ClFN2/c1-8-3-9(2)5-10(4-8)18-14-6-11(15)12(16)7-13(14)17/h6-10,18H,3-5,17H2,1-2H3. The number of hydrogen-bond donors (Lipinski definition) is 2. The minimum absolute atomic E-state index is 0.114. The van der Waals surface area contributed by atoms with Crippen LogP contribution in [0.15, 0.2) is 12.1 Å². The maximum absolute atomic E-state index is 13.2. The van der Waals surface area contributed by atoms with E-state index in [0.717, 1.165) is 18.5 Å². The third-order valence-electron chi connectivity index (χ3n) is 3.63. The Morgan fingerprint density at radius 2 is 1.83 bits per heavy atom. The molecule has 0 aliphatic heterocycles. The summed E-state index contributed by atoms with van der Waals surface area (Å²) in [5.74, 6) is 0.955. The van der Waals surface area contributed by atoms with E-state index >= 15 is 0 Å². The van der Waals surface area contributed by atoms with Crippen molar-refractivity contribution in [3.63, 3.8) is 0 Å². The molecule has 1 fully saturated rings. The molecule has 2 unspecified atom stereocenters. The van der Waals surface area contributed by atoms with Gasteiger partial charge in [-0.25, -0.2) is 4.39 Å². The van der Waals surface area contributed by atoms with Gasteiger partial charge in [-0.3, -0.25) is 0 Å². The highest BCUT2D eigenvalue weighted by Crippen LogP contribution is 2.33. The van der Waals surface area contributed by atoms with Gasteiger partial charge in [0, 0.05) is 12.1 Å². The fourth-order valence-corrected chi connectivity index (χ4v) is 3.14. The zero-order chi connectivity index (χ0) is 13.3. The first kappa shape index (κ1) is 13.5. The molecule has 1 aliphatic rings. The second-order valence-corrected chi connectivity index (χ2v) is 6.02. The second-order valence-electron chi connectivity index (χ2n) is 5.61. The van der Waals surface area contributed by atoms with Gasteiger partial charge in [-0.2, -0.15) is 0 Å². The van der Waals surface area contributed by atoms with Crippen LogP contribution in [0.25, 0.3) is 0 Å². The third kappa shape index (κ3) is 3.08. The molecule has 0 saturated heterocycles. The monoisotopic (exact) mass is 270 g/mol. The van der Waals surface area contributed by atoms with E-state index in [9.17, 15) is 4.39 Å². The molecule has 18 heavy (non-hydrogen) atoms. The van der Waals surface area contributed by atoms with E-state index in [2.05, 4.69) is 19.2 Å². The van der Waals surface area contributed by atoms with E-state index in [1.807, 2.05) is 0 Å². The molecule has 0 aromatic heterocycles. The van der Waals surface area contributed by atoms with Gasteiger partial charge >= 0.3 is 0 Å². The highest BCUT2D eigenvalue weighted by atomic mass is 35.5. The van der Waals surface area contributed by atoms with Crippen LogP contribution in [0.2, 0.25) is 5.02 Å². The lowest BCUT2D eigenvalue weighted by Crippen LogP contribution is -2.30. The van der Waals surface area contributed by atoms with Gasteiger partial charge < -0.3 is 11.1 Å². The lowest BCUT2D eigenvalue weighted by molar-refractivity contribution is 0.281. The summed E-state index contributed by atoms with van der Waals surface area (Å²) in [5, 5.41) is 3.52. The molecular formula is C14H20ClFN2. The van der Waals surface area contributed by atoms with Crippen molar-refractivity contribution >= 4 is 23.0 Å². The van der Waals surface area contributed by atoms with Crippen LogP contribution in [0.5, 0.6) is 0 Å². The van der Waals surface area contributed by atoms with Crippen LogP contribution < -0.4 is 11.1 Å². The van der Waals surface area contributed by atoms with Crippen LogP contribution in [-0.4, -0.2) is 6.04 Å². The molecule has 1 aliphatic carbocycles. The SMILES string of the molecule is CC1CC(C)CC(Nc2cc(Cl)c(F)cc2N)C1. The van der Waals surface area contributed by atoms with E-state index in [-0.39, 0.29) is 5.02 Å². The molecule has 0 radical (unpaired) electrons. The van der Waals surface area contributed by atoms with Crippen molar-refractivity contribution in [2.75, 3.05) is 11.1 Å². The number of anilines is 2. The Hall–Kier alpha value is -0.960. The number of rotatable bonds is 2. The molecule has 1 aromatic rings. The minimum Gasteiger partial charge on any atom is -0.397 e. The van der Waals surface area contributed by atoms with E-state index in [1.54, 1.807) is 6.07 Å². The number of halogens is 2. The fourth-order valence-electron chi connectivity index (χ4n) is 2.97. The zero-order valence-corrected chi connectivity index (χ0v) is 11.6. The molecule has 2 rings (SSSR count). The second kappa shape index (κ2) is 5.35. The molecule has 4 heteroatoms. The summed E-state index contributed by atoms with van der Waals surface area (Å²) in [4.78, 5) is 0. The van der Waals surface area contributed by atoms with Crippen LogP contribution in [0.1, 0.15) is 33.1 Å². The summed E-state index contributed by atoms with van der Waals surface area (Å²) in [6.07, 6.45) is 3.52. The molecule has 1 aromatic carbocycles. The first-order chi connectivity index (χ1) is 8.45. The quantitative estimate of drug-likeness (QED) is 0.787. The Labute approximate surface area is 113 Å². The van der Waals surface area contributed by atoms with E-state index in [1.165, 1.54) is 12.5 Å². The summed E-state index contributed by atoms with van der Waals surface area (Å²) in [5.41, 5.74) is 6.98. The van der Waals surface area contributed by atoms with E-state index in [0.29, 0.717) is 23.6 Å². The van der Waals surface area contributed by atoms with Gasteiger partial charge in [-0.05, 0) is 37.2 Å². The fraction of sp³-hybridized carbons (Fsp3) is 0.571. The maximum atomic E-state index is 13.2. The average Bonchev–Trinajstić information content (AvgIpc) is 2.24. The number of nitrogen functional groups attached to an aromatic ring is 1. The predicted molar refractivity (Wildman–Crippen MR) is 75.4 cm³/mol. The van der Waals surface area contributed by atoms with Crippen molar-refractivity contribution < 1.29 is 4.39 Å².